The van der Waals surface area contributed by atoms with Crippen molar-refractivity contribution in [2.24, 2.45) is 5.92 Å². The fourth-order valence-electron chi connectivity index (χ4n) is 1.37. The molecule has 0 bridgehead atoms. The van der Waals surface area contributed by atoms with E-state index in [1.165, 1.54) is 12.8 Å². The lowest BCUT2D eigenvalue weighted by Gasteiger charge is -2.27. The SMILES string of the molecule is C[C@@H]1C[C@]12CCO2. The molecule has 7 heavy (non-hydrogen) atoms. The van der Waals surface area contributed by atoms with Crippen LogP contribution in [-0.4, -0.2) is 12.2 Å². The van der Waals surface area contributed by atoms with Crippen LogP contribution in [0.25, 0.3) is 0 Å². The van der Waals surface area contributed by atoms with Gasteiger partial charge in [-0.15, -0.1) is 0 Å². The van der Waals surface area contributed by atoms with Gasteiger partial charge >= 0.3 is 0 Å². The van der Waals surface area contributed by atoms with Crippen molar-refractivity contribution in [3.8, 4) is 0 Å². The van der Waals surface area contributed by atoms with Gasteiger partial charge in [0.15, 0.2) is 0 Å². The Morgan fingerprint density at radius 3 is 2.29 bits per heavy atom. The Morgan fingerprint density at radius 2 is 2.29 bits per heavy atom. The monoisotopic (exact) mass is 98.1 g/mol. The molecule has 0 radical (unpaired) electrons. The molecule has 0 aromatic carbocycles. The standard InChI is InChI=1S/C6H10O/c1-5-4-6(5)2-3-7-6/h5H,2-4H2,1H3/t5-,6-/m1/s1. The van der Waals surface area contributed by atoms with Crippen LogP contribution < -0.4 is 0 Å². The van der Waals surface area contributed by atoms with E-state index in [1.807, 2.05) is 0 Å². The third kappa shape index (κ3) is 0.325. The molecule has 40 valence electrons. The third-order valence-electron chi connectivity index (χ3n) is 2.30. The summed E-state index contributed by atoms with van der Waals surface area (Å²) < 4.78 is 5.34. The van der Waals surface area contributed by atoms with Crippen molar-refractivity contribution in [3.63, 3.8) is 0 Å². The minimum absolute atomic E-state index is 0.431. The van der Waals surface area contributed by atoms with Gasteiger partial charge in [-0.2, -0.15) is 0 Å². The van der Waals surface area contributed by atoms with E-state index in [2.05, 4.69) is 6.92 Å². The molecule has 1 nitrogen and oxygen atoms in total. The van der Waals surface area contributed by atoms with Gasteiger partial charge in [0.25, 0.3) is 0 Å². The summed E-state index contributed by atoms with van der Waals surface area (Å²) in [5.41, 5.74) is 0.431. The predicted octanol–water partition coefficient (Wildman–Crippen LogP) is 1.19. The van der Waals surface area contributed by atoms with Crippen molar-refractivity contribution in [2.45, 2.75) is 25.4 Å². The molecule has 1 heteroatoms. The van der Waals surface area contributed by atoms with Crippen LogP contribution in [0.4, 0.5) is 0 Å². The summed E-state index contributed by atoms with van der Waals surface area (Å²) in [5, 5.41) is 0. The summed E-state index contributed by atoms with van der Waals surface area (Å²) in [4.78, 5) is 0. The second-order valence-corrected chi connectivity index (χ2v) is 2.77. The lowest BCUT2D eigenvalue weighted by Crippen LogP contribution is -2.30. The van der Waals surface area contributed by atoms with Crippen LogP contribution >= 0.6 is 0 Å². The van der Waals surface area contributed by atoms with E-state index in [4.69, 9.17) is 4.74 Å². The van der Waals surface area contributed by atoms with E-state index in [-0.39, 0.29) is 0 Å². The highest BCUT2D eigenvalue weighted by molar-refractivity contribution is 5.06. The first-order chi connectivity index (χ1) is 3.33. The zero-order valence-electron chi connectivity index (χ0n) is 4.61. The molecule has 1 heterocycles. The summed E-state index contributed by atoms with van der Waals surface area (Å²) in [7, 11) is 0. The maximum Gasteiger partial charge on any atom is 0.0734 e. The molecule has 2 fully saturated rings. The van der Waals surface area contributed by atoms with E-state index >= 15 is 0 Å². The van der Waals surface area contributed by atoms with Gasteiger partial charge in [-0.25, -0.2) is 0 Å². The van der Waals surface area contributed by atoms with E-state index in [9.17, 15) is 0 Å². The predicted molar refractivity (Wildman–Crippen MR) is 27.1 cm³/mol. The maximum atomic E-state index is 5.34. The molecule has 2 atom stereocenters. The molecule has 1 saturated carbocycles. The lowest BCUT2D eigenvalue weighted by atomic mass is 10.1. The van der Waals surface area contributed by atoms with Crippen LogP contribution in [0.1, 0.15) is 19.8 Å². The Hall–Kier alpha value is -0.0400. The molecule has 0 amide bonds. The number of hydrogen-bond donors (Lipinski definition) is 0. The van der Waals surface area contributed by atoms with Gasteiger partial charge in [-0.05, 0) is 12.3 Å². The second kappa shape index (κ2) is 0.873. The highest BCUT2D eigenvalue weighted by Crippen LogP contribution is 2.54. The zero-order valence-corrected chi connectivity index (χ0v) is 4.61. The van der Waals surface area contributed by atoms with Gasteiger partial charge in [0, 0.05) is 6.42 Å². The molecule has 2 rings (SSSR count). The van der Waals surface area contributed by atoms with Gasteiger partial charge in [0.05, 0.1) is 12.2 Å². The second-order valence-electron chi connectivity index (χ2n) is 2.77. The Balaban J connectivity index is 2.05. The van der Waals surface area contributed by atoms with Crippen molar-refractivity contribution >= 4 is 0 Å². The molecule has 2 aliphatic rings. The summed E-state index contributed by atoms with van der Waals surface area (Å²) in [6.45, 7) is 3.28. The molecule has 1 saturated heterocycles. The average molecular weight is 98.1 g/mol. The van der Waals surface area contributed by atoms with E-state index in [1.54, 1.807) is 0 Å². The summed E-state index contributed by atoms with van der Waals surface area (Å²) in [6.07, 6.45) is 2.65. The van der Waals surface area contributed by atoms with Crippen LogP contribution in [0.15, 0.2) is 0 Å². The average Bonchev–Trinajstić information content (AvgIpc) is 2.10. The summed E-state index contributed by atoms with van der Waals surface area (Å²) >= 11 is 0. The minimum Gasteiger partial charge on any atom is -0.375 e. The fraction of sp³-hybridized carbons (Fsp3) is 1.00. The molecule has 1 aliphatic carbocycles. The van der Waals surface area contributed by atoms with Crippen molar-refractivity contribution in [1.29, 1.82) is 0 Å². The Kier molecular flexibility index (Phi) is 0.487. The molecule has 0 aromatic heterocycles. The maximum absolute atomic E-state index is 5.34. The van der Waals surface area contributed by atoms with Gasteiger partial charge in [-0.1, -0.05) is 6.92 Å². The molecule has 0 aromatic rings. The third-order valence-corrected chi connectivity index (χ3v) is 2.30. The molecule has 1 spiro atoms. The Bertz CT molecular complexity index is 88.8. The van der Waals surface area contributed by atoms with E-state index in [0.29, 0.717) is 5.60 Å². The topological polar surface area (TPSA) is 9.23 Å². The van der Waals surface area contributed by atoms with Crippen molar-refractivity contribution < 1.29 is 4.74 Å². The van der Waals surface area contributed by atoms with Crippen molar-refractivity contribution in [3.05, 3.63) is 0 Å². The highest BCUT2D eigenvalue weighted by Gasteiger charge is 2.56. The molecule has 1 aliphatic heterocycles. The highest BCUT2D eigenvalue weighted by atomic mass is 16.5. The van der Waals surface area contributed by atoms with Crippen LogP contribution in [0.5, 0.6) is 0 Å². The quantitative estimate of drug-likeness (QED) is 0.442. The van der Waals surface area contributed by atoms with Crippen molar-refractivity contribution in [1.82, 2.24) is 0 Å². The fourth-order valence-corrected chi connectivity index (χ4v) is 1.37. The molecule has 0 N–H and O–H groups in total. The van der Waals surface area contributed by atoms with Crippen LogP contribution in [-0.2, 0) is 4.74 Å². The molecule has 0 unspecified atom stereocenters. The van der Waals surface area contributed by atoms with E-state index in [0.717, 1.165) is 12.5 Å². The zero-order chi connectivity index (χ0) is 4.91. The minimum atomic E-state index is 0.431. The number of hydrogen-bond acceptors (Lipinski definition) is 1. The Morgan fingerprint density at radius 1 is 1.71 bits per heavy atom. The van der Waals surface area contributed by atoms with Crippen LogP contribution in [0.2, 0.25) is 0 Å². The normalized spacial score (nSPS) is 57.0. The van der Waals surface area contributed by atoms with Gasteiger partial charge in [0.2, 0.25) is 0 Å². The van der Waals surface area contributed by atoms with Crippen LogP contribution in [0.3, 0.4) is 0 Å². The molecular weight excluding hydrogens is 88.1 g/mol. The summed E-state index contributed by atoms with van der Waals surface area (Å²) in [5.74, 6) is 0.876. The number of ether oxygens (including phenoxy) is 1. The van der Waals surface area contributed by atoms with Crippen LogP contribution in [0, 0.1) is 5.92 Å². The molecular formula is C6H10O. The van der Waals surface area contributed by atoms with Crippen molar-refractivity contribution in [2.75, 3.05) is 6.61 Å². The largest absolute Gasteiger partial charge is 0.375 e. The van der Waals surface area contributed by atoms with Gasteiger partial charge < -0.3 is 4.74 Å². The first-order valence-corrected chi connectivity index (χ1v) is 2.97. The van der Waals surface area contributed by atoms with E-state index < -0.39 is 0 Å². The van der Waals surface area contributed by atoms with Gasteiger partial charge in [0.1, 0.15) is 0 Å². The Labute approximate surface area is 43.7 Å². The first kappa shape index (κ1) is 3.90. The number of rotatable bonds is 0. The lowest BCUT2D eigenvalue weighted by molar-refractivity contribution is -0.0821. The first-order valence-electron chi connectivity index (χ1n) is 2.97. The summed E-state index contributed by atoms with van der Waals surface area (Å²) in [6, 6.07) is 0. The van der Waals surface area contributed by atoms with Gasteiger partial charge in [-0.3, -0.25) is 0 Å². The smallest absolute Gasteiger partial charge is 0.0734 e.